The summed E-state index contributed by atoms with van der Waals surface area (Å²) < 4.78 is 17.9. The van der Waals surface area contributed by atoms with Gasteiger partial charge in [0.15, 0.2) is 17.0 Å². The van der Waals surface area contributed by atoms with Gasteiger partial charge >= 0.3 is 11.9 Å². The lowest BCUT2D eigenvalue weighted by Crippen LogP contribution is -2.29. The largest absolute Gasteiger partial charge is 0.465 e. The number of imidazole rings is 1. The molecule has 2 heterocycles. The molecule has 0 aliphatic rings. The molecule has 11 heteroatoms. The van der Waals surface area contributed by atoms with E-state index in [4.69, 9.17) is 25.7 Å². The molecule has 0 bridgehead atoms. The van der Waals surface area contributed by atoms with Gasteiger partial charge in [0.25, 0.3) is 6.41 Å². The maximum atomic E-state index is 12.4. The van der Waals surface area contributed by atoms with Crippen molar-refractivity contribution < 1.29 is 23.8 Å². The highest BCUT2D eigenvalue weighted by Gasteiger charge is 2.29. The Balaban J connectivity index is 2.14. The van der Waals surface area contributed by atoms with Crippen LogP contribution in [0.5, 0.6) is 0 Å². The van der Waals surface area contributed by atoms with Crippen molar-refractivity contribution in [3.8, 4) is 0 Å². The molecule has 1 unspecified atom stereocenters. The lowest BCUT2D eigenvalue weighted by molar-refractivity contribution is -0.210. The Bertz CT molecular complexity index is 913. The van der Waals surface area contributed by atoms with Crippen LogP contribution in [-0.2, 0) is 23.8 Å². The maximum absolute atomic E-state index is 12.4. The predicted octanol–water partition coefficient (Wildman–Crippen LogP) is 2.03. The molecule has 0 aromatic carbocycles. The lowest BCUT2D eigenvalue weighted by Gasteiger charge is -2.24. The van der Waals surface area contributed by atoms with Crippen LogP contribution in [0.4, 0.5) is 11.8 Å². The maximum Gasteiger partial charge on any atom is 0.314 e. The number of fused-ring (bicyclic) bond motifs is 1. The van der Waals surface area contributed by atoms with Gasteiger partial charge in [0.2, 0.25) is 5.95 Å². The van der Waals surface area contributed by atoms with Gasteiger partial charge in [-0.25, -0.2) is 4.98 Å². The van der Waals surface area contributed by atoms with E-state index in [9.17, 15) is 9.59 Å². The van der Waals surface area contributed by atoms with E-state index in [2.05, 4.69) is 15.0 Å². The molecular weight excluding hydrogens is 392 g/mol. The first-order valence-corrected chi connectivity index (χ1v) is 9.56. The average Bonchev–Trinajstić information content (AvgIpc) is 3.02. The molecule has 0 radical (unpaired) electrons. The topological polar surface area (TPSA) is 157 Å². The van der Waals surface area contributed by atoms with Crippen molar-refractivity contribution in [3.05, 3.63) is 6.33 Å². The quantitative estimate of drug-likeness (QED) is 0.384. The minimum atomic E-state index is -1.16. The Labute approximate surface area is 175 Å². The zero-order valence-electron chi connectivity index (χ0n) is 18.3. The van der Waals surface area contributed by atoms with Crippen LogP contribution in [0, 0.1) is 10.8 Å². The van der Waals surface area contributed by atoms with E-state index in [-0.39, 0.29) is 36.6 Å². The smallest absolute Gasteiger partial charge is 0.314 e. The molecule has 166 valence electrons. The van der Waals surface area contributed by atoms with E-state index in [0.29, 0.717) is 11.9 Å². The Morgan fingerprint density at radius 3 is 2.27 bits per heavy atom. The zero-order valence-corrected chi connectivity index (χ0v) is 18.3. The summed E-state index contributed by atoms with van der Waals surface area (Å²) in [4.78, 5) is 36.4. The lowest BCUT2D eigenvalue weighted by atomic mass is 9.97. The van der Waals surface area contributed by atoms with Crippen molar-refractivity contribution in [2.24, 2.45) is 10.8 Å². The normalized spacial score (nSPS) is 13.3. The fourth-order valence-electron chi connectivity index (χ4n) is 2.17. The van der Waals surface area contributed by atoms with Gasteiger partial charge in [0.05, 0.1) is 24.0 Å². The summed E-state index contributed by atoms with van der Waals surface area (Å²) in [6.45, 7) is 10.8. The first-order valence-electron chi connectivity index (χ1n) is 9.56. The third-order valence-electron chi connectivity index (χ3n) is 3.91. The highest BCUT2D eigenvalue weighted by molar-refractivity contribution is 5.83. The highest BCUT2D eigenvalue weighted by Crippen LogP contribution is 2.25. The molecule has 0 saturated carbocycles. The van der Waals surface area contributed by atoms with Crippen LogP contribution in [0.25, 0.3) is 11.2 Å². The number of carbonyl (C=O) groups is 2. The molecule has 0 amide bonds. The monoisotopic (exact) mass is 422 g/mol. The summed E-state index contributed by atoms with van der Waals surface area (Å²) in [5.74, 6) is -0.729. The number of hydrogen-bond acceptors (Lipinski definition) is 10. The second kappa shape index (κ2) is 8.82. The van der Waals surface area contributed by atoms with Crippen LogP contribution < -0.4 is 11.5 Å². The Kier molecular flexibility index (Phi) is 6.86. The number of nitrogens with two attached hydrogens (primary N) is 2. The minimum Gasteiger partial charge on any atom is -0.465 e. The second-order valence-corrected chi connectivity index (χ2v) is 8.86. The van der Waals surface area contributed by atoms with Crippen LogP contribution in [0.1, 0.15) is 54.4 Å². The third kappa shape index (κ3) is 5.78. The molecule has 2 rings (SSSR count). The van der Waals surface area contributed by atoms with Crippen LogP contribution in [-0.4, -0.2) is 44.7 Å². The first-order chi connectivity index (χ1) is 13.8. The first kappa shape index (κ1) is 23.3. The van der Waals surface area contributed by atoms with Crippen LogP contribution in [0.3, 0.4) is 0 Å². The van der Waals surface area contributed by atoms with Crippen molar-refractivity contribution >= 4 is 34.9 Å². The van der Waals surface area contributed by atoms with Crippen molar-refractivity contribution in [1.29, 1.82) is 0 Å². The molecule has 30 heavy (non-hydrogen) atoms. The number of nitrogen functional groups attached to an aromatic ring is 2. The summed E-state index contributed by atoms with van der Waals surface area (Å²) >= 11 is 0. The number of carbonyl (C=O) groups excluding carboxylic acids is 2. The molecule has 4 N–H and O–H groups in total. The molecular formula is C19H30N6O5. The van der Waals surface area contributed by atoms with E-state index >= 15 is 0 Å². The predicted molar refractivity (Wildman–Crippen MR) is 110 cm³/mol. The molecule has 0 spiro atoms. The number of aromatic nitrogens is 4. The number of hydrogen-bond donors (Lipinski definition) is 2. The van der Waals surface area contributed by atoms with Crippen molar-refractivity contribution in [1.82, 2.24) is 19.5 Å². The van der Waals surface area contributed by atoms with Crippen molar-refractivity contribution in [2.45, 2.75) is 54.4 Å². The van der Waals surface area contributed by atoms with E-state index in [1.54, 1.807) is 41.5 Å². The molecule has 11 nitrogen and oxygen atoms in total. The summed E-state index contributed by atoms with van der Waals surface area (Å²) in [6.07, 6.45) is 0.626. The number of rotatable bonds is 7. The number of anilines is 2. The average molecular weight is 422 g/mol. The third-order valence-corrected chi connectivity index (χ3v) is 3.91. The molecule has 2 aromatic rings. The van der Waals surface area contributed by atoms with Gasteiger partial charge in [-0.1, -0.05) is 0 Å². The van der Waals surface area contributed by atoms with Crippen molar-refractivity contribution in [3.63, 3.8) is 0 Å². The molecule has 2 aromatic heterocycles. The van der Waals surface area contributed by atoms with Crippen molar-refractivity contribution in [2.75, 3.05) is 24.7 Å². The fraction of sp³-hybridized carbons (Fsp3) is 0.632. The number of esters is 2. The van der Waals surface area contributed by atoms with Crippen LogP contribution >= 0.6 is 0 Å². The van der Waals surface area contributed by atoms with Gasteiger partial charge in [-0.05, 0) is 41.5 Å². The minimum absolute atomic E-state index is 0.0447. The standard InChI is InChI=1S/C19H30N6O5/c1-18(2,3)14(26)28-8-7-9-29-17(30-15(27)19(4,5)6)25-10-22-11-12(20)23-16(21)24-13(11)25/h10,17H,7-9H2,1-6H3,(H4,20,21,23,24). The van der Waals surface area contributed by atoms with Crippen LogP contribution in [0.2, 0.25) is 0 Å². The fourth-order valence-corrected chi connectivity index (χ4v) is 2.17. The number of ether oxygens (including phenoxy) is 3. The summed E-state index contributed by atoms with van der Waals surface area (Å²) in [5.41, 5.74) is 10.8. The summed E-state index contributed by atoms with van der Waals surface area (Å²) in [5, 5.41) is 0. The van der Waals surface area contributed by atoms with Gasteiger partial charge in [0, 0.05) is 6.42 Å². The SMILES string of the molecule is CC(C)(C)C(=O)OCCCOC(OC(=O)C(C)(C)C)n1cnc2c(N)nc(N)nc21. The Morgan fingerprint density at radius 1 is 1.03 bits per heavy atom. The summed E-state index contributed by atoms with van der Waals surface area (Å²) in [6, 6.07) is 0. The summed E-state index contributed by atoms with van der Waals surface area (Å²) in [7, 11) is 0. The molecule has 0 fully saturated rings. The van der Waals surface area contributed by atoms with Gasteiger partial charge < -0.3 is 25.7 Å². The van der Waals surface area contributed by atoms with E-state index in [1.165, 1.54) is 10.9 Å². The van der Waals surface area contributed by atoms with Gasteiger partial charge in [0.1, 0.15) is 6.33 Å². The zero-order chi connectivity index (χ0) is 22.7. The highest BCUT2D eigenvalue weighted by atomic mass is 16.7. The molecule has 0 saturated heterocycles. The molecule has 1 atom stereocenters. The van der Waals surface area contributed by atoms with E-state index < -0.39 is 23.2 Å². The van der Waals surface area contributed by atoms with Gasteiger partial charge in [-0.3, -0.25) is 14.2 Å². The number of nitrogens with zero attached hydrogens (tertiary/aromatic N) is 4. The van der Waals surface area contributed by atoms with Crippen LogP contribution in [0.15, 0.2) is 6.33 Å². The van der Waals surface area contributed by atoms with Gasteiger partial charge in [-0.15, -0.1) is 0 Å². The van der Waals surface area contributed by atoms with E-state index in [0.717, 1.165) is 0 Å². The van der Waals surface area contributed by atoms with Gasteiger partial charge in [-0.2, -0.15) is 9.97 Å². The molecule has 0 aliphatic heterocycles. The Morgan fingerprint density at radius 2 is 1.67 bits per heavy atom. The second-order valence-electron chi connectivity index (χ2n) is 8.86. The molecule has 0 aliphatic carbocycles. The van der Waals surface area contributed by atoms with E-state index in [1.807, 2.05) is 0 Å². The Hall–Kier alpha value is -2.95.